The number of hydrogen-bond donors (Lipinski definition) is 1. The minimum atomic E-state index is -3.96. The zero-order valence-electron chi connectivity index (χ0n) is 24.9. The van der Waals surface area contributed by atoms with Crippen molar-refractivity contribution in [2.45, 2.75) is 31.3 Å². The number of sulfonamides is 1. The average Bonchev–Trinajstić information content (AvgIpc) is 3.03. The van der Waals surface area contributed by atoms with E-state index in [0.29, 0.717) is 33.5 Å². The molecule has 0 spiro atoms. The van der Waals surface area contributed by atoms with Gasteiger partial charge in [0.2, 0.25) is 10.0 Å². The van der Waals surface area contributed by atoms with Crippen LogP contribution in [0.25, 0.3) is 16.6 Å². The van der Waals surface area contributed by atoms with Crippen LogP contribution in [0.4, 0.5) is 0 Å². The highest BCUT2D eigenvalue weighted by molar-refractivity contribution is 7.89. The first-order valence-corrected chi connectivity index (χ1v) is 15.6. The smallest absolute Gasteiger partial charge is 0.336 e. The number of para-hydroxylation sites is 1. The molecule has 2 heterocycles. The zero-order chi connectivity index (χ0) is 32.6. The SMILES string of the molecule is COC(=O)C1=C(C)N(Cn2c(=S)n(-c3ccc(S(N)(=O)=O)cc3)c(=O)c3ccccc32)C(C)=C(C(=O)OC)C1c1ccccc1. The summed E-state index contributed by atoms with van der Waals surface area (Å²) in [4.78, 5) is 42.1. The highest BCUT2D eigenvalue weighted by Crippen LogP contribution is 2.43. The molecule has 0 amide bonds. The second kappa shape index (κ2) is 12.3. The summed E-state index contributed by atoms with van der Waals surface area (Å²) < 4.78 is 37.2. The van der Waals surface area contributed by atoms with Gasteiger partial charge in [0.25, 0.3) is 5.56 Å². The third kappa shape index (κ3) is 5.61. The van der Waals surface area contributed by atoms with Crippen molar-refractivity contribution >= 4 is 45.1 Å². The van der Waals surface area contributed by atoms with E-state index in [9.17, 15) is 22.8 Å². The lowest BCUT2D eigenvalue weighted by atomic mass is 9.80. The van der Waals surface area contributed by atoms with Crippen LogP contribution in [0.1, 0.15) is 25.3 Å². The van der Waals surface area contributed by atoms with Crippen molar-refractivity contribution < 1.29 is 27.5 Å². The van der Waals surface area contributed by atoms with Crippen LogP contribution in [0.5, 0.6) is 0 Å². The Morgan fingerprint density at radius 1 is 0.844 bits per heavy atom. The summed E-state index contributed by atoms with van der Waals surface area (Å²) >= 11 is 5.89. The number of nitrogens with two attached hydrogens (primary N) is 1. The number of allylic oxidation sites excluding steroid dienone is 2. The highest BCUT2D eigenvalue weighted by Gasteiger charge is 2.40. The summed E-state index contributed by atoms with van der Waals surface area (Å²) in [6, 6.07) is 21.5. The van der Waals surface area contributed by atoms with Crippen LogP contribution in [0.2, 0.25) is 0 Å². The van der Waals surface area contributed by atoms with Gasteiger partial charge in [0.05, 0.1) is 52.8 Å². The van der Waals surface area contributed by atoms with Crippen molar-refractivity contribution in [2.75, 3.05) is 14.2 Å². The van der Waals surface area contributed by atoms with Gasteiger partial charge in [-0.1, -0.05) is 42.5 Å². The van der Waals surface area contributed by atoms with E-state index in [1.54, 1.807) is 47.6 Å². The Morgan fingerprint density at radius 2 is 1.38 bits per heavy atom. The molecule has 0 atom stereocenters. The minimum Gasteiger partial charge on any atom is -0.466 e. The number of ether oxygens (including phenoxy) is 2. The standard InChI is InChI=1S/C32H30N4O7S2/c1-19-26(30(38)42-3)28(21-10-6-5-7-11-21)27(31(39)43-4)20(2)34(19)18-35-25-13-9-8-12-24(25)29(37)36(32(35)44)22-14-16-23(17-15-22)45(33,40)41/h5-17,28H,18H2,1-4H3,(H2,33,40,41). The molecule has 0 fully saturated rings. The van der Waals surface area contributed by atoms with Gasteiger partial charge in [-0.05, 0) is 68.0 Å². The van der Waals surface area contributed by atoms with Gasteiger partial charge >= 0.3 is 11.9 Å². The van der Waals surface area contributed by atoms with E-state index in [4.69, 9.17) is 26.8 Å². The van der Waals surface area contributed by atoms with Gasteiger partial charge in [-0.2, -0.15) is 0 Å². The second-order valence-electron chi connectivity index (χ2n) is 10.3. The number of benzene rings is 3. The molecule has 0 saturated heterocycles. The lowest BCUT2D eigenvalue weighted by molar-refractivity contribution is -0.137. The number of primary sulfonamides is 1. The first-order valence-electron chi connectivity index (χ1n) is 13.7. The molecular formula is C32H30N4O7S2. The number of carbonyl (C=O) groups excluding carboxylic acids is 2. The molecule has 1 aromatic heterocycles. The summed E-state index contributed by atoms with van der Waals surface area (Å²) in [5, 5.41) is 5.60. The van der Waals surface area contributed by atoms with Crippen molar-refractivity contribution in [2.24, 2.45) is 5.14 Å². The third-order valence-electron chi connectivity index (χ3n) is 7.87. The molecule has 11 nitrogen and oxygen atoms in total. The van der Waals surface area contributed by atoms with Crippen molar-refractivity contribution in [3.8, 4) is 5.69 Å². The quantitative estimate of drug-likeness (QED) is 0.232. The number of aromatic nitrogens is 2. The number of rotatable bonds is 7. The lowest BCUT2D eigenvalue weighted by Crippen LogP contribution is -2.37. The molecule has 232 valence electrons. The third-order valence-corrected chi connectivity index (χ3v) is 9.20. The van der Waals surface area contributed by atoms with Crippen LogP contribution in [0.15, 0.2) is 111 Å². The van der Waals surface area contributed by atoms with Gasteiger partial charge in [-0.3, -0.25) is 13.9 Å². The summed E-state index contributed by atoms with van der Waals surface area (Å²) in [5.74, 6) is -2.00. The second-order valence-corrected chi connectivity index (χ2v) is 12.2. The Bertz CT molecular complexity index is 2090. The number of methoxy groups -OCH3 is 2. The normalized spacial score (nSPS) is 14.2. The van der Waals surface area contributed by atoms with Crippen LogP contribution in [0, 0.1) is 4.77 Å². The molecule has 0 saturated carbocycles. The zero-order valence-corrected chi connectivity index (χ0v) is 26.5. The molecule has 13 heteroatoms. The summed E-state index contributed by atoms with van der Waals surface area (Å²) in [6.45, 7) is 3.51. The maximum absolute atomic E-state index is 13.8. The number of nitrogens with zero attached hydrogens (tertiary/aromatic N) is 3. The molecule has 0 bridgehead atoms. The Morgan fingerprint density at radius 3 is 1.91 bits per heavy atom. The van der Waals surface area contributed by atoms with Gasteiger partial charge < -0.3 is 14.4 Å². The molecule has 45 heavy (non-hydrogen) atoms. The molecule has 1 aliphatic rings. The van der Waals surface area contributed by atoms with Crippen LogP contribution < -0.4 is 10.7 Å². The van der Waals surface area contributed by atoms with E-state index in [1.807, 2.05) is 30.3 Å². The molecule has 2 N–H and O–H groups in total. The lowest BCUT2D eigenvalue weighted by Gasteiger charge is -2.38. The molecule has 0 radical (unpaired) electrons. The fourth-order valence-electron chi connectivity index (χ4n) is 5.66. The molecular weight excluding hydrogens is 617 g/mol. The predicted octanol–water partition coefficient (Wildman–Crippen LogP) is 4.12. The molecule has 3 aromatic carbocycles. The van der Waals surface area contributed by atoms with Gasteiger partial charge in [0.15, 0.2) is 4.77 Å². The minimum absolute atomic E-state index is 0.00491. The largest absolute Gasteiger partial charge is 0.466 e. The Balaban J connectivity index is 1.77. The summed E-state index contributed by atoms with van der Waals surface area (Å²) in [6.07, 6.45) is 0. The van der Waals surface area contributed by atoms with Crippen LogP contribution in [0.3, 0.4) is 0 Å². The van der Waals surface area contributed by atoms with E-state index in [1.165, 1.54) is 43.1 Å². The number of carbonyl (C=O) groups is 2. The van der Waals surface area contributed by atoms with Gasteiger partial charge in [0.1, 0.15) is 6.67 Å². The fourth-order valence-corrected chi connectivity index (χ4v) is 6.52. The monoisotopic (exact) mass is 646 g/mol. The predicted molar refractivity (Wildman–Crippen MR) is 170 cm³/mol. The van der Waals surface area contributed by atoms with Crippen molar-refractivity contribution in [1.82, 2.24) is 14.0 Å². The fraction of sp³-hybridized carbons (Fsp3) is 0.188. The first kappa shape index (κ1) is 31.6. The van der Waals surface area contributed by atoms with Gasteiger partial charge in [0, 0.05) is 11.4 Å². The van der Waals surface area contributed by atoms with E-state index in [-0.39, 0.29) is 27.5 Å². The average molecular weight is 647 g/mol. The number of fused-ring (bicyclic) bond motifs is 1. The van der Waals surface area contributed by atoms with Crippen molar-refractivity contribution in [3.63, 3.8) is 0 Å². The molecule has 0 unspecified atom stereocenters. The molecule has 5 rings (SSSR count). The van der Waals surface area contributed by atoms with Gasteiger partial charge in [-0.15, -0.1) is 0 Å². The van der Waals surface area contributed by atoms with Crippen molar-refractivity contribution in [1.29, 1.82) is 0 Å². The summed E-state index contributed by atoms with van der Waals surface area (Å²) in [7, 11) is -1.41. The maximum Gasteiger partial charge on any atom is 0.336 e. The molecule has 0 aliphatic carbocycles. The molecule has 4 aromatic rings. The van der Waals surface area contributed by atoms with Crippen LogP contribution >= 0.6 is 12.2 Å². The van der Waals surface area contributed by atoms with E-state index >= 15 is 0 Å². The van der Waals surface area contributed by atoms with E-state index < -0.39 is 33.4 Å². The van der Waals surface area contributed by atoms with Crippen LogP contribution in [-0.2, 0) is 35.8 Å². The topological polar surface area (TPSA) is 143 Å². The molecule has 1 aliphatic heterocycles. The van der Waals surface area contributed by atoms with Crippen molar-refractivity contribution in [3.05, 3.63) is 122 Å². The van der Waals surface area contributed by atoms with E-state index in [0.717, 1.165) is 0 Å². The maximum atomic E-state index is 13.8. The van der Waals surface area contributed by atoms with E-state index in [2.05, 4.69) is 0 Å². The Hall–Kier alpha value is -4.85. The first-order chi connectivity index (χ1) is 21.4. The Labute approximate surface area is 264 Å². The number of hydrogen-bond acceptors (Lipinski definition) is 9. The van der Waals surface area contributed by atoms with Gasteiger partial charge in [-0.25, -0.2) is 23.1 Å². The number of esters is 2. The highest BCUT2D eigenvalue weighted by atomic mass is 32.2. The summed E-state index contributed by atoms with van der Waals surface area (Å²) in [5.41, 5.74) is 2.65. The van der Waals surface area contributed by atoms with Crippen LogP contribution in [-0.4, -0.2) is 48.6 Å². The Kier molecular flexibility index (Phi) is 8.61.